The first-order chi connectivity index (χ1) is 11.8. The average molecular weight is 365 g/mol. The molecule has 25 heavy (non-hydrogen) atoms. The van der Waals surface area contributed by atoms with E-state index in [0.717, 1.165) is 38.5 Å². The second-order valence-electron chi connectivity index (χ2n) is 9.30. The molecule has 0 aromatic carbocycles. The number of rotatable bonds is 1. The van der Waals surface area contributed by atoms with Gasteiger partial charge < -0.3 is 4.74 Å². The molecule has 3 nitrogen and oxygen atoms in total. The van der Waals surface area contributed by atoms with Gasteiger partial charge in [-0.05, 0) is 74.2 Å². The van der Waals surface area contributed by atoms with Gasteiger partial charge >= 0.3 is 5.97 Å². The molecule has 4 aliphatic carbocycles. The molecule has 3 saturated carbocycles. The summed E-state index contributed by atoms with van der Waals surface area (Å²) in [6.45, 7) is 6.22. The topological polar surface area (TPSA) is 43.4 Å². The van der Waals surface area contributed by atoms with Crippen LogP contribution >= 0.6 is 11.6 Å². The van der Waals surface area contributed by atoms with E-state index < -0.39 is 0 Å². The normalized spacial score (nSPS) is 48.9. The van der Waals surface area contributed by atoms with Gasteiger partial charge in [0, 0.05) is 12.3 Å². The molecular weight excluding hydrogens is 336 g/mol. The molecule has 4 heteroatoms. The lowest BCUT2D eigenvalue weighted by Gasteiger charge is -2.58. The third-order valence-electron chi connectivity index (χ3n) is 8.19. The largest absolute Gasteiger partial charge is 0.462 e. The van der Waals surface area contributed by atoms with Crippen molar-refractivity contribution in [1.82, 2.24) is 0 Å². The van der Waals surface area contributed by atoms with Crippen molar-refractivity contribution in [2.75, 3.05) is 0 Å². The third-order valence-corrected chi connectivity index (χ3v) is 8.56. The lowest BCUT2D eigenvalue weighted by Crippen LogP contribution is -2.52. The molecule has 0 aliphatic heterocycles. The predicted molar refractivity (Wildman–Crippen MR) is 97.3 cm³/mol. The van der Waals surface area contributed by atoms with Crippen LogP contribution in [-0.2, 0) is 14.3 Å². The van der Waals surface area contributed by atoms with Gasteiger partial charge in [0.25, 0.3) is 0 Å². The zero-order chi connectivity index (χ0) is 18.0. The van der Waals surface area contributed by atoms with Crippen molar-refractivity contribution in [1.29, 1.82) is 0 Å². The highest BCUT2D eigenvalue weighted by Gasteiger charge is 2.60. The number of hydrogen-bond acceptors (Lipinski definition) is 3. The SMILES string of the molecule is CC(=O)O[C@H]1CC[C@H]2[C@@H]3CCC4=CC(=O)C(Cl)C[C@]4(C)[C@H]3CC[C@]12C. The summed E-state index contributed by atoms with van der Waals surface area (Å²) in [6, 6.07) is 0. The van der Waals surface area contributed by atoms with E-state index in [9.17, 15) is 9.59 Å². The van der Waals surface area contributed by atoms with Crippen LogP contribution in [0.5, 0.6) is 0 Å². The van der Waals surface area contributed by atoms with Gasteiger partial charge in [0.15, 0.2) is 5.78 Å². The lowest BCUT2D eigenvalue weighted by molar-refractivity contribution is -0.157. The zero-order valence-electron chi connectivity index (χ0n) is 15.5. The highest BCUT2D eigenvalue weighted by Crippen LogP contribution is 2.65. The van der Waals surface area contributed by atoms with Crippen molar-refractivity contribution >= 4 is 23.4 Å². The Kier molecular flexibility index (Phi) is 4.10. The maximum absolute atomic E-state index is 12.1. The van der Waals surface area contributed by atoms with Crippen molar-refractivity contribution < 1.29 is 14.3 Å². The Balaban J connectivity index is 1.63. The monoisotopic (exact) mass is 364 g/mol. The standard InChI is InChI=1S/C21H29ClO3/c1-12(23)25-19-7-6-15-14-5-4-13-10-18(24)17(22)11-21(13,3)16(14)8-9-20(15,19)2/h10,14-17,19H,4-9,11H2,1-3H3/t14-,15-,16-,17?,19-,20-,21-/m0/s1. The van der Waals surface area contributed by atoms with E-state index in [2.05, 4.69) is 13.8 Å². The van der Waals surface area contributed by atoms with Crippen LogP contribution in [0.15, 0.2) is 11.6 Å². The Morgan fingerprint density at radius 2 is 1.96 bits per heavy atom. The minimum absolute atomic E-state index is 0.0735. The summed E-state index contributed by atoms with van der Waals surface area (Å²) >= 11 is 6.38. The van der Waals surface area contributed by atoms with Crippen LogP contribution in [0.25, 0.3) is 0 Å². The molecule has 0 spiro atoms. The van der Waals surface area contributed by atoms with Gasteiger partial charge in [0.2, 0.25) is 0 Å². The fourth-order valence-corrected chi connectivity index (χ4v) is 7.31. The van der Waals surface area contributed by atoms with E-state index in [0.29, 0.717) is 17.8 Å². The van der Waals surface area contributed by atoms with E-state index in [4.69, 9.17) is 16.3 Å². The molecule has 0 aromatic rings. The van der Waals surface area contributed by atoms with Crippen molar-refractivity contribution in [3.63, 3.8) is 0 Å². The van der Waals surface area contributed by atoms with E-state index >= 15 is 0 Å². The zero-order valence-corrected chi connectivity index (χ0v) is 16.3. The van der Waals surface area contributed by atoms with E-state index in [1.54, 1.807) is 0 Å². The first kappa shape index (κ1) is 17.6. The van der Waals surface area contributed by atoms with Gasteiger partial charge in [0.1, 0.15) is 6.10 Å². The molecular formula is C21H29ClO3. The predicted octanol–water partition coefficient (Wildman–Crippen LogP) is 4.67. The minimum atomic E-state index is -0.363. The van der Waals surface area contributed by atoms with Gasteiger partial charge in [0.05, 0.1) is 5.38 Å². The molecule has 0 heterocycles. The van der Waals surface area contributed by atoms with Crippen LogP contribution in [0, 0.1) is 28.6 Å². The Hall–Kier alpha value is -0.830. The van der Waals surface area contributed by atoms with Crippen molar-refractivity contribution in [2.45, 2.75) is 77.2 Å². The smallest absolute Gasteiger partial charge is 0.302 e. The summed E-state index contributed by atoms with van der Waals surface area (Å²) in [7, 11) is 0. The molecule has 0 saturated heterocycles. The van der Waals surface area contributed by atoms with Crippen molar-refractivity contribution in [3.8, 4) is 0 Å². The summed E-state index contributed by atoms with van der Waals surface area (Å²) < 4.78 is 5.71. The van der Waals surface area contributed by atoms with Gasteiger partial charge in [-0.1, -0.05) is 19.4 Å². The number of hydrogen-bond donors (Lipinski definition) is 0. The second-order valence-corrected chi connectivity index (χ2v) is 9.82. The number of allylic oxidation sites excluding steroid dienone is 1. The molecule has 0 N–H and O–H groups in total. The van der Waals surface area contributed by atoms with Crippen molar-refractivity contribution in [3.05, 3.63) is 11.6 Å². The van der Waals surface area contributed by atoms with Crippen LogP contribution in [0.2, 0.25) is 0 Å². The van der Waals surface area contributed by atoms with Crippen LogP contribution in [0.1, 0.15) is 65.7 Å². The molecule has 1 unspecified atom stereocenters. The lowest BCUT2D eigenvalue weighted by atomic mass is 9.47. The molecule has 4 rings (SSSR count). The third kappa shape index (κ3) is 2.52. The quantitative estimate of drug-likeness (QED) is 0.501. The van der Waals surface area contributed by atoms with Crippen LogP contribution in [0.4, 0.5) is 0 Å². The van der Waals surface area contributed by atoms with Gasteiger partial charge in [-0.2, -0.15) is 0 Å². The highest BCUT2D eigenvalue weighted by molar-refractivity contribution is 6.33. The van der Waals surface area contributed by atoms with E-state index in [-0.39, 0.29) is 34.1 Å². The van der Waals surface area contributed by atoms with E-state index in [1.807, 2.05) is 6.08 Å². The second kappa shape index (κ2) is 5.84. The number of alkyl halides is 1. The average Bonchev–Trinajstić information content (AvgIpc) is 2.85. The van der Waals surface area contributed by atoms with E-state index in [1.165, 1.54) is 18.9 Å². The Labute approximate surface area is 155 Å². The molecule has 4 aliphatic rings. The Morgan fingerprint density at radius 1 is 1.20 bits per heavy atom. The van der Waals surface area contributed by atoms with Gasteiger partial charge in [-0.15, -0.1) is 11.6 Å². The fourth-order valence-electron chi connectivity index (χ4n) is 6.93. The summed E-state index contributed by atoms with van der Waals surface area (Å²) in [5, 5.41) is -0.363. The van der Waals surface area contributed by atoms with Gasteiger partial charge in [-0.25, -0.2) is 0 Å². The fraction of sp³-hybridized carbons (Fsp3) is 0.810. The molecule has 7 atom stereocenters. The molecule has 0 amide bonds. The van der Waals surface area contributed by atoms with Crippen LogP contribution in [-0.4, -0.2) is 23.2 Å². The summed E-state index contributed by atoms with van der Waals surface area (Å²) in [5.74, 6) is 1.85. The van der Waals surface area contributed by atoms with Crippen molar-refractivity contribution in [2.24, 2.45) is 28.6 Å². The Morgan fingerprint density at radius 3 is 2.68 bits per heavy atom. The molecule has 0 aromatic heterocycles. The number of fused-ring (bicyclic) bond motifs is 5. The molecule has 0 bridgehead atoms. The maximum atomic E-state index is 12.1. The summed E-state index contributed by atoms with van der Waals surface area (Å²) in [6.07, 6.45) is 9.35. The number of ketones is 1. The minimum Gasteiger partial charge on any atom is -0.462 e. The summed E-state index contributed by atoms with van der Waals surface area (Å²) in [5.41, 5.74) is 1.54. The number of carbonyl (C=O) groups is 2. The van der Waals surface area contributed by atoms with Crippen LogP contribution in [0.3, 0.4) is 0 Å². The number of carbonyl (C=O) groups excluding carboxylic acids is 2. The first-order valence-corrected chi connectivity index (χ1v) is 10.3. The van der Waals surface area contributed by atoms with Gasteiger partial charge in [-0.3, -0.25) is 9.59 Å². The Bertz CT molecular complexity index is 641. The maximum Gasteiger partial charge on any atom is 0.302 e. The molecule has 138 valence electrons. The first-order valence-electron chi connectivity index (χ1n) is 9.82. The number of ether oxygens (including phenoxy) is 1. The number of halogens is 1. The molecule has 0 radical (unpaired) electrons. The van der Waals surface area contributed by atoms with Crippen LogP contribution < -0.4 is 0 Å². The number of esters is 1. The summed E-state index contributed by atoms with van der Waals surface area (Å²) in [4.78, 5) is 23.6. The molecule has 3 fully saturated rings. The highest BCUT2D eigenvalue weighted by atomic mass is 35.5.